The number of amides is 1. The molecule has 0 atom stereocenters. The van der Waals surface area contributed by atoms with E-state index in [-0.39, 0.29) is 11.6 Å². The van der Waals surface area contributed by atoms with E-state index in [1.54, 1.807) is 6.07 Å². The number of aromatic nitrogens is 2. The lowest BCUT2D eigenvalue weighted by molar-refractivity contribution is 0.102. The van der Waals surface area contributed by atoms with E-state index in [2.05, 4.69) is 20.0 Å². The fraction of sp³-hybridized carbons (Fsp3) is 0. The van der Waals surface area contributed by atoms with Gasteiger partial charge in [-0.2, -0.15) is 0 Å². The molecule has 6 heteroatoms. The van der Waals surface area contributed by atoms with Crippen LogP contribution in [0.15, 0.2) is 35.2 Å². The lowest BCUT2D eigenvalue weighted by Gasteiger charge is -2.00. The lowest BCUT2D eigenvalue weighted by Crippen LogP contribution is -2.13. The molecule has 0 aliphatic carbocycles. The number of nitrogens with two attached hydrogens (primary N) is 1. The van der Waals surface area contributed by atoms with Gasteiger partial charge < -0.3 is 15.6 Å². The highest BCUT2D eigenvalue weighted by molar-refractivity contribution is 6.02. The Labute approximate surface area is 85.1 Å². The molecule has 15 heavy (non-hydrogen) atoms. The average Bonchev–Trinajstić information content (AvgIpc) is 2.71. The Kier molecular flexibility index (Phi) is 2.32. The maximum Gasteiger partial charge on any atom is 0.275 e. The third kappa shape index (κ3) is 2.11. The van der Waals surface area contributed by atoms with Gasteiger partial charge in [0.15, 0.2) is 5.82 Å². The Bertz CT molecular complexity index is 449. The van der Waals surface area contributed by atoms with E-state index in [4.69, 9.17) is 5.73 Å². The number of rotatable bonds is 2. The van der Waals surface area contributed by atoms with Gasteiger partial charge in [0.05, 0.1) is 11.9 Å². The summed E-state index contributed by atoms with van der Waals surface area (Å²) in [6.07, 6.45) is 2.78. The molecule has 2 heterocycles. The predicted molar refractivity (Wildman–Crippen MR) is 53.1 cm³/mol. The summed E-state index contributed by atoms with van der Waals surface area (Å²) in [5.41, 5.74) is 6.22. The molecule has 2 aromatic heterocycles. The molecule has 0 aliphatic heterocycles. The summed E-state index contributed by atoms with van der Waals surface area (Å²) < 4.78 is 4.57. The normalized spacial score (nSPS) is 9.87. The van der Waals surface area contributed by atoms with Crippen molar-refractivity contribution in [2.45, 2.75) is 0 Å². The van der Waals surface area contributed by atoms with Crippen LogP contribution in [0.2, 0.25) is 0 Å². The van der Waals surface area contributed by atoms with E-state index in [0.29, 0.717) is 11.5 Å². The van der Waals surface area contributed by atoms with Crippen LogP contribution in [0.5, 0.6) is 0 Å². The van der Waals surface area contributed by atoms with Crippen molar-refractivity contribution >= 4 is 17.4 Å². The third-order valence-electron chi connectivity index (χ3n) is 1.70. The minimum absolute atomic E-state index is 0.271. The Morgan fingerprint density at radius 1 is 1.40 bits per heavy atom. The van der Waals surface area contributed by atoms with Crippen LogP contribution in [-0.2, 0) is 0 Å². The topological polar surface area (TPSA) is 94.0 Å². The van der Waals surface area contributed by atoms with Crippen LogP contribution in [0.1, 0.15) is 10.5 Å². The van der Waals surface area contributed by atoms with E-state index in [0.717, 1.165) is 0 Å². The third-order valence-corrected chi connectivity index (χ3v) is 1.70. The Morgan fingerprint density at radius 3 is 2.87 bits per heavy atom. The number of carbonyl (C=O) groups is 1. The van der Waals surface area contributed by atoms with Gasteiger partial charge in [0.2, 0.25) is 0 Å². The monoisotopic (exact) mass is 204 g/mol. The van der Waals surface area contributed by atoms with Crippen LogP contribution in [0.25, 0.3) is 0 Å². The van der Waals surface area contributed by atoms with Gasteiger partial charge in [0.25, 0.3) is 5.91 Å². The molecule has 0 unspecified atom stereocenters. The molecule has 0 saturated carbocycles. The highest BCUT2D eigenvalue weighted by atomic mass is 16.5. The predicted octanol–water partition coefficient (Wildman–Crippen LogP) is 0.904. The van der Waals surface area contributed by atoms with Crippen molar-refractivity contribution in [3.05, 3.63) is 36.4 Å². The Morgan fingerprint density at radius 2 is 2.27 bits per heavy atom. The summed E-state index contributed by atoms with van der Waals surface area (Å²) in [7, 11) is 0. The number of nitrogen functional groups attached to an aromatic ring is 1. The van der Waals surface area contributed by atoms with Crippen LogP contribution in [0.3, 0.4) is 0 Å². The smallest absolute Gasteiger partial charge is 0.275 e. The molecule has 0 aliphatic rings. The summed E-state index contributed by atoms with van der Waals surface area (Å²) in [5, 5.41) is 6.05. The van der Waals surface area contributed by atoms with Crippen LogP contribution >= 0.6 is 0 Å². The first kappa shape index (κ1) is 9.20. The number of hydrogen-bond acceptors (Lipinski definition) is 5. The highest BCUT2D eigenvalue weighted by Gasteiger charge is 2.08. The molecular weight excluding hydrogens is 196 g/mol. The fourth-order valence-electron chi connectivity index (χ4n) is 0.997. The van der Waals surface area contributed by atoms with E-state index in [1.807, 2.05) is 0 Å². The van der Waals surface area contributed by atoms with E-state index in [1.165, 1.54) is 24.6 Å². The zero-order valence-corrected chi connectivity index (χ0v) is 7.68. The van der Waals surface area contributed by atoms with Crippen LogP contribution in [-0.4, -0.2) is 16.0 Å². The maximum atomic E-state index is 11.5. The first-order chi connectivity index (χ1) is 7.25. The fourth-order valence-corrected chi connectivity index (χ4v) is 0.997. The van der Waals surface area contributed by atoms with Gasteiger partial charge in [-0.1, -0.05) is 5.16 Å². The van der Waals surface area contributed by atoms with Crippen molar-refractivity contribution in [1.29, 1.82) is 0 Å². The van der Waals surface area contributed by atoms with E-state index >= 15 is 0 Å². The molecule has 2 rings (SSSR count). The van der Waals surface area contributed by atoms with Crippen molar-refractivity contribution in [3.63, 3.8) is 0 Å². The second kappa shape index (κ2) is 3.79. The van der Waals surface area contributed by atoms with Gasteiger partial charge in [0, 0.05) is 6.07 Å². The van der Waals surface area contributed by atoms with Crippen LogP contribution < -0.4 is 11.1 Å². The molecule has 76 valence electrons. The minimum atomic E-state index is -0.357. The van der Waals surface area contributed by atoms with Crippen molar-refractivity contribution in [2.24, 2.45) is 0 Å². The van der Waals surface area contributed by atoms with Gasteiger partial charge in [0.1, 0.15) is 12.0 Å². The van der Waals surface area contributed by atoms with Crippen LogP contribution in [0, 0.1) is 0 Å². The molecule has 3 N–H and O–H groups in total. The van der Waals surface area contributed by atoms with Gasteiger partial charge >= 0.3 is 0 Å². The number of nitrogens with zero attached hydrogens (tertiary/aromatic N) is 2. The second-order valence-corrected chi connectivity index (χ2v) is 2.82. The van der Waals surface area contributed by atoms with Gasteiger partial charge in [-0.05, 0) is 12.1 Å². The zero-order chi connectivity index (χ0) is 10.7. The van der Waals surface area contributed by atoms with E-state index in [9.17, 15) is 4.79 Å². The van der Waals surface area contributed by atoms with Crippen molar-refractivity contribution < 1.29 is 9.32 Å². The summed E-state index contributed by atoms with van der Waals surface area (Å²) in [5.74, 6) is -0.0116. The molecule has 2 aromatic rings. The molecule has 0 spiro atoms. The number of pyridine rings is 1. The lowest BCUT2D eigenvalue weighted by atomic mass is 10.3. The van der Waals surface area contributed by atoms with Gasteiger partial charge in [-0.15, -0.1) is 0 Å². The minimum Gasteiger partial charge on any atom is -0.397 e. The quantitative estimate of drug-likeness (QED) is 0.758. The molecular formula is C9H8N4O2. The zero-order valence-electron chi connectivity index (χ0n) is 7.68. The molecule has 0 saturated heterocycles. The van der Waals surface area contributed by atoms with Crippen molar-refractivity contribution in [3.8, 4) is 0 Å². The standard InChI is InChI=1S/C9H8N4O2/c10-6-1-2-7(11-5-6)9(14)12-8-3-4-15-13-8/h1-5H,10H2,(H,12,13,14). The summed E-state index contributed by atoms with van der Waals surface area (Å²) in [6.45, 7) is 0. The number of hydrogen-bond donors (Lipinski definition) is 2. The molecule has 0 bridgehead atoms. The molecule has 6 nitrogen and oxygen atoms in total. The van der Waals surface area contributed by atoms with Crippen LogP contribution in [0.4, 0.5) is 11.5 Å². The van der Waals surface area contributed by atoms with E-state index < -0.39 is 0 Å². The maximum absolute atomic E-state index is 11.5. The molecule has 0 fully saturated rings. The highest BCUT2D eigenvalue weighted by Crippen LogP contribution is 2.05. The second-order valence-electron chi connectivity index (χ2n) is 2.82. The summed E-state index contributed by atoms with van der Waals surface area (Å²) in [4.78, 5) is 15.4. The number of anilines is 2. The molecule has 1 amide bonds. The largest absolute Gasteiger partial charge is 0.397 e. The summed E-state index contributed by atoms with van der Waals surface area (Å²) in [6, 6.07) is 4.67. The Balaban J connectivity index is 2.11. The SMILES string of the molecule is Nc1ccc(C(=O)Nc2ccon2)nc1. The van der Waals surface area contributed by atoms with Gasteiger partial charge in [-0.3, -0.25) is 4.79 Å². The van der Waals surface area contributed by atoms with Gasteiger partial charge in [-0.25, -0.2) is 4.98 Å². The first-order valence-electron chi connectivity index (χ1n) is 4.19. The van der Waals surface area contributed by atoms with Crippen molar-refractivity contribution in [2.75, 3.05) is 11.1 Å². The van der Waals surface area contributed by atoms with Crippen molar-refractivity contribution in [1.82, 2.24) is 10.1 Å². The molecule has 0 aromatic carbocycles. The first-order valence-corrected chi connectivity index (χ1v) is 4.19. The average molecular weight is 204 g/mol. The molecule has 0 radical (unpaired) electrons. The Hall–Kier alpha value is -2.37. The summed E-state index contributed by atoms with van der Waals surface area (Å²) >= 11 is 0. The number of nitrogens with one attached hydrogen (secondary N) is 1. The number of carbonyl (C=O) groups excluding carboxylic acids is 1.